The Kier molecular flexibility index (Phi) is 6.27. The van der Waals surface area contributed by atoms with E-state index in [4.69, 9.17) is 9.15 Å². The van der Waals surface area contributed by atoms with Crippen LogP contribution >= 0.6 is 0 Å². The van der Waals surface area contributed by atoms with Gasteiger partial charge in [-0.3, -0.25) is 14.4 Å². The zero-order chi connectivity index (χ0) is 18.4. The minimum Gasteiger partial charge on any atom is -0.459 e. The molecule has 142 valence electrons. The highest BCUT2D eigenvalue weighted by atomic mass is 16.5. The van der Waals surface area contributed by atoms with Gasteiger partial charge in [0.25, 0.3) is 5.91 Å². The zero-order valence-corrected chi connectivity index (χ0v) is 14.8. The maximum Gasteiger partial charge on any atom is 0.286 e. The first-order valence-electron chi connectivity index (χ1n) is 9.11. The number of hydrogen-bond acceptors (Lipinski definition) is 5. The van der Waals surface area contributed by atoms with Crippen LogP contribution in [0, 0.1) is 5.92 Å². The molecule has 3 rings (SSSR count). The summed E-state index contributed by atoms with van der Waals surface area (Å²) in [6.45, 7) is 3.97. The minimum atomic E-state index is -0.322. The molecule has 26 heavy (non-hydrogen) atoms. The highest BCUT2D eigenvalue weighted by molar-refractivity contribution is 5.91. The van der Waals surface area contributed by atoms with E-state index in [1.165, 1.54) is 6.26 Å². The monoisotopic (exact) mass is 363 g/mol. The van der Waals surface area contributed by atoms with E-state index in [2.05, 4.69) is 5.32 Å². The summed E-state index contributed by atoms with van der Waals surface area (Å²) in [6.07, 6.45) is 3.07. The van der Waals surface area contributed by atoms with Crippen molar-refractivity contribution in [2.75, 3.05) is 45.9 Å². The lowest BCUT2D eigenvalue weighted by Gasteiger charge is -2.35. The SMILES string of the molecule is O=C(NCCC(=O)N1CCC(C(=O)N2CCOCC2)CC1)c1ccco1. The van der Waals surface area contributed by atoms with Crippen LogP contribution in [-0.4, -0.2) is 73.5 Å². The topological polar surface area (TPSA) is 92.1 Å². The number of likely N-dealkylation sites (tertiary alicyclic amines) is 1. The first-order chi connectivity index (χ1) is 12.6. The number of nitrogens with one attached hydrogen (secondary N) is 1. The first kappa shape index (κ1) is 18.4. The molecule has 1 N–H and O–H groups in total. The molecule has 3 amide bonds. The minimum absolute atomic E-state index is 0.00187. The van der Waals surface area contributed by atoms with E-state index < -0.39 is 0 Å². The van der Waals surface area contributed by atoms with Gasteiger partial charge < -0.3 is 24.3 Å². The summed E-state index contributed by atoms with van der Waals surface area (Å²) in [6, 6.07) is 3.22. The maximum absolute atomic E-state index is 12.5. The quantitative estimate of drug-likeness (QED) is 0.822. The van der Waals surface area contributed by atoms with E-state index >= 15 is 0 Å². The van der Waals surface area contributed by atoms with E-state index in [0.717, 1.165) is 0 Å². The molecule has 1 aromatic heterocycles. The number of hydrogen-bond donors (Lipinski definition) is 1. The van der Waals surface area contributed by atoms with Crippen molar-refractivity contribution in [3.8, 4) is 0 Å². The fourth-order valence-corrected chi connectivity index (χ4v) is 3.35. The average Bonchev–Trinajstić information content (AvgIpc) is 3.23. The van der Waals surface area contributed by atoms with Gasteiger partial charge in [-0.1, -0.05) is 0 Å². The van der Waals surface area contributed by atoms with Crippen LogP contribution in [0.4, 0.5) is 0 Å². The predicted molar refractivity (Wildman–Crippen MR) is 92.4 cm³/mol. The first-order valence-corrected chi connectivity index (χ1v) is 9.11. The van der Waals surface area contributed by atoms with Crippen molar-refractivity contribution in [2.45, 2.75) is 19.3 Å². The second-order valence-electron chi connectivity index (χ2n) is 6.58. The number of rotatable bonds is 5. The van der Waals surface area contributed by atoms with Crippen LogP contribution < -0.4 is 5.32 Å². The number of carbonyl (C=O) groups excluding carboxylic acids is 3. The Morgan fingerprint density at radius 2 is 1.81 bits per heavy atom. The van der Waals surface area contributed by atoms with Crippen LogP contribution in [0.15, 0.2) is 22.8 Å². The van der Waals surface area contributed by atoms with Gasteiger partial charge in [0.2, 0.25) is 11.8 Å². The molecule has 3 heterocycles. The molecule has 2 aliphatic heterocycles. The summed E-state index contributed by atoms with van der Waals surface area (Å²) in [5.74, 6) is 0.0986. The fourth-order valence-electron chi connectivity index (χ4n) is 3.35. The molecule has 2 aliphatic rings. The zero-order valence-electron chi connectivity index (χ0n) is 14.8. The molecule has 1 aromatic rings. The molecule has 0 radical (unpaired) electrons. The Labute approximate surface area is 152 Å². The Balaban J connectivity index is 1.36. The maximum atomic E-state index is 12.5. The van der Waals surface area contributed by atoms with Gasteiger partial charge in [0, 0.05) is 45.1 Å². The number of ether oxygens (including phenoxy) is 1. The van der Waals surface area contributed by atoms with Crippen molar-refractivity contribution < 1.29 is 23.5 Å². The molecular weight excluding hydrogens is 338 g/mol. The molecule has 0 atom stereocenters. The van der Waals surface area contributed by atoms with Gasteiger partial charge >= 0.3 is 0 Å². The summed E-state index contributed by atoms with van der Waals surface area (Å²) in [5, 5.41) is 2.67. The van der Waals surface area contributed by atoms with E-state index in [0.29, 0.717) is 52.2 Å². The van der Waals surface area contributed by atoms with Crippen LogP contribution in [0.1, 0.15) is 29.8 Å². The fraction of sp³-hybridized carbons (Fsp3) is 0.611. The number of furan rings is 1. The Bertz CT molecular complexity index is 617. The number of nitrogens with zero attached hydrogens (tertiary/aromatic N) is 2. The summed E-state index contributed by atoms with van der Waals surface area (Å²) in [5.41, 5.74) is 0. The molecule has 2 saturated heterocycles. The lowest BCUT2D eigenvalue weighted by Crippen LogP contribution is -2.47. The third kappa shape index (κ3) is 4.63. The van der Waals surface area contributed by atoms with Crippen molar-refractivity contribution in [3.05, 3.63) is 24.2 Å². The molecule has 0 aromatic carbocycles. The van der Waals surface area contributed by atoms with Gasteiger partial charge in [0.15, 0.2) is 5.76 Å². The highest BCUT2D eigenvalue weighted by Crippen LogP contribution is 2.20. The van der Waals surface area contributed by atoms with Gasteiger partial charge in [-0.2, -0.15) is 0 Å². The number of carbonyl (C=O) groups is 3. The number of morpholine rings is 1. The molecule has 8 heteroatoms. The van der Waals surface area contributed by atoms with Gasteiger partial charge in [-0.25, -0.2) is 0 Å². The molecule has 0 aliphatic carbocycles. The summed E-state index contributed by atoms with van der Waals surface area (Å²) >= 11 is 0. The normalized spacial score (nSPS) is 18.6. The summed E-state index contributed by atoms with van der Waals surface area (Å²) in [4.78, 5) is 40.2. The lowest BCUT2D eigenvalue weighted by atomic mass is 9.95. The second-order valence-corrected chi connectivity index (χ2v) is 6.58. The molecular formula is C18H25N3O5. The molecule has 8 nitrogen and oxygen atoms in total. The standard InChI is InChI=1S/C18H25N3O5/c22-16(3-6-19-17(23)15-2-1-11-26-15)20-7-4-14(5-8-20)18(24)21-9-12-25-13-10-21/h1-2,11,14H,3-10,12-13H2,(H,19,23). The molecule has 0 spiro atoms. The third-order valence-corrected chi connectivity index (χ3v) is 4.89. The van der Waals surface area contributed by atoms with Gasteiger partial charge in [-0.15, -0.1) is 0 Å². The van der Waals surface area contributed by atoms with Crippen LogP contribution in [0.2, 0.25) is 0 Å². The smallest absolute Gasteiger partial charge is 0.286 e. The van der Waals surface area contributed by atoms with E-state index in [1.807, 2.05) is 4.90 Å². The Morgan fingerprint density at radius 1 is 1.08 bits per heavy atom. The molecule has 0 unspecified atom stereocenters. The number of piperidine rings is 1. The van der Waals surface area contributed by atoms with E-state index in [1.54, 1.807) is 17.0 Å². The predicted octanol–water partition coefficient (Wildman–Crippen LogP) is 0.497. The Morgan fingerprint density at radius 3 is 2.46 bits per heavy atom. The molecule has 0 bridgehead atoms. The van der Waals surface area contributed by atoms with Crippen molar-refractivity contribution in [1.82, 2.24) is 15.1 Å². The van der Waals surface area contributed by atoms with Crippen LogP contribution in [0.3, 0.4) is 0 Å². The van der Waals surface area contributed by atoms with E-state index in [-0.39, 0.29) is 42.4 Å². The van der Waals surface area contributed by atoms with Crippen LogP contribution in [-0.2, 0) is 14.3 Å². The molecule has 2 fully saturated rings. The largest absolute Gasteiger partial charge is 0.459 e. The lowest BCUT2D eigenvalue weighted by molar-refractivity contribution is -0.143. The average molecular weight is 363 g/mol. The van der Waals surface area contributed by atoms with Crippen molar-refractivity contribution in [2.24, 2.45) is 5.92 Å². The van der Waals surface area contributed by atoms with Crippen LogP contribution in [0.5, 0.6) is 0 Å². The Hall–Kier alpha value is -2.35. The van der Waals surface area contributed by atoms with Gasteiger partial charge in [0.1, 0.15) is 0 Å². The second kappa shape index (κ2) is 8.84. The third-order valence-electron chi connectivity index (χ3n) is 4.89. The van der Waals surface area contributed by atoms with Crippen molar-refractivity contribution >= 4 is 17.7 Å². The van der Waals surface area contributed by atoms with Gasteiger partial charge in [0.05, 0.1) is 19.5 Å². The van der Waals surface area contributed by atoms with E-state index in [9.17, 15) is 14.4 Å². The number of amides is 3. The summed E-state index contributed by atoms with van der Waals surface area (Å²) < 4.78 is 10.3. The molecule has 0 saturated carbocycles. The highest BCUT2D eigenvalue weighted by Gasteiger charge is 2.30. The van der Waals surface area contributed by atoms with Crippen molar-refractivity contribution in [1.29, 1.82) is 0 Å². The van der Waals surface area contributed by atoms with Crippen LogP contribution in [0.25, 0.3) is 0 Å². The summed E-state index contributed by atoms with van der Waals surface area (Å²) in [7, 11) is 0. The van der Waals surface area contributed by atoms with Crippen molar-refractivity contribution in [3.63, 3.8) is 0 Å². The van der Waals surface area contributed by atoms with Gasteiger partial charge in [-0.05, 0) is 25.0 Å².